The second kappa shape index (κ2) is 9.37. The smallest absolute Gasteiger partial charge is 0.323 e. The molecule has 0 saturated carbocycles. The fraction of sp³-hybridized carbons (Fsp3) is 0.167. The van der Waals surface area contributed by atoms with E-state index in [4.69, 9.17) is 38.4 Å². The number of nitrogens with zero attached hydrogens (tertiary/aromatic N) is 3. The van der Waals surface area contributed by atoms with Crippen molar-refractivity contribution in [1.82, 2.24) is 14.9 Å². The van der Waals surface area contributed by atoms with Crippen LogP contribution in [-0.2, 0) is 9.59 Å². The monoisotopic (exact) mass is 469 g/mol. The molecule has 1 aliphatic rings. The first-order valence-corrected chi connectivity index (χ1v) is 9.98. The summed E-state index contributed by atoms with van der Waals surface area (Å²) in [7, 11) is 0. The zero-order chi connectivity index (χ0) is 21.8. The van der Waals surface area contributed by atoms with Gasteiger partial charge in [-0.15, -0.1) is 0 Å². The highest BCUT2D eigenvalue weighted by Crippen LogP contribution is 2.36. The fourth-order valence-electron chi connectivity index (χ4n) is 2.40. The number of ether oxygens (including phenoxy) is 2. The summed E-state index contributed by atoms with van der Waals surface area (Å²) < 4.78 is 25.1. The summed E-state index contributed by atoms with van der Waals surface area (Å²) in [6.45, 7) is 1.55. The minimum absolute atomic E-state index is 0.162. The summed E-state index contributed by atoms with van der Waals surface area (Å²) in [4.78, 5) is 31.8. The highest BCUT2D eigenvalue weighted by Gasteiger charge is 2.33. The molecule has 2 aromatic rings. The van der Waals surface area contributed by atoms with E-state index in [9.17, 15) is 14.0 Å². The number of rotatable bonds is 7. The van der Waals surface area contributed by atoms with Crippen molar-refractivity contribution in [3.05, 3.63) is 46.0 Å². The van der Waals surface area contributed by atoms with Crippen LogP contribution in [0.5, 0.6) is 17.4 Å². The minimum atomic E-state index is -1.16. The number of aliphatic carboxylic acids is 1. The van der Waals surface area contributed by atoms with Crippen molar-refractivity contribution in [1.29, 1.82) is 0 Å². The van der Waals surface area contributed by atoms with E-state index in [0.29, 0.717) is 12.2 Å². The SMILES string of the molecule is CCOc1cc(C=C2SC(=S)N(CC(=O)O)C2=O)ccc1Oc1nc(Cl)ncc1F. The van der Waals surface area contributed by atoms with Crippen molar-refractivity contribution in [3.8, 4) is 17.4 Å². The van der Waals surface area contributed by atoms with Crippen molar-refractivity contribution < 1.29 is 28.6 Å². The number of amides is 1. The maximum Gasteiger partial charge on any atom is 0.323 e. The molecule has 8 nitrogen and oxygen atoms in total. The van der Waals surface area contributed by atoms with Crippen LogP contribution < -0.4 is 9.47 Å². The van der Waals surface area contributed by atoms with E-state index in [1.807, 2.05) is 0 Å². The number of carboxylic acids is 1. The fourth-order valence-corrected chi connectivity index (χ4v) is 3.78. The minimum Gasteiger partial charge on any atom is -0.490 e. The summed E-state index contributed by atoms with van der Waals surface area (Å²) in [5.74, 6) is -2.36. The van der Waals surface area contributed by atoms with Gasteiger partial charge in [-0.05, 0) is 42.3 Å². The van der Waals surface area contributed by atoms with Crippen molar-refractivity contribution >= 4 is 57.9 Å². The molecular formula is C18H13ClFN3O5S2. The van der Waals surface area contributed by atoms with E-state index in [-0.39, 0.29) is 31.9 Å². The van der Waals surface area contributed by atoms with Gasteiger partial charge in [-0.2, -0.15) is 9.37 Å². The number of halogens is 2. The highest BCUT2D eigenvalue weighted by molar-refractivity contribution is 8.26. The zero-order valence-electron chi connectivity index (χ0n) is 15.3. The molecule has 3 rings (SSSR count). The molecule has 1 aliphatic heterocycles. The van der Waals surface area contributed by atoms with Crippen molar-refractivity contribution in [2.75, 3.05) is 13.2 Å². The lowest BCUT2D eigenvalue weighted by molar-refractivity contribution is -0.140. The molecule has 0 radical (unpaired) electrons. The zero-order valence-corrected chi connectivity index (χ0v) is 17.7. The molecule has 0 bridgehead atoms. The van der Waals surface area contributed by atoms with Crippen LogP contribution in [0.4, 0.5) is 4.39 Å². The third-order valence-corrected chi connectivity index (χ3v) is 5.18. The van der Waals surface area contributed by atoms with Gasteiger partial charge >= 0.3 is 5.97 Å². The van der Waals surface area contributed by atoms with Gasteiger partial charge in [0.15, 0.2) is 11.5 Å². The van der Waals surface area contributed by atoms with Crippen molar-refractivity contribution in [3.63, 3.8) is 0 Å². The first kappa shape index (κ1) is 21.9. The number of hydrogen-bond acceptors (Lipinski definition) is 8. The molecule has 0 atom stereocenters. The van der Waals surface area contributed by atoms with Crippen molar-refractivity contribution in [2.45, 2.75) is 6.92 Å². The van der Waals surface area contributed by atoms with Crippen LogP contribution in [0.15, 0.2) is 29.3 Å². The van der Waals surface area contributed by atoms with Crippen LogP contribution in [0, 0.1) is 5.82 Å². The number of aromatic nitrogens is 2. The van der Waals surface area contributed by atoms with E-state index < -0.39 is 24.2 Å². The maximum absolute atomic E-state index is 13.9. The summed E-state index contributed by atoms with van der Waals surface area (Å²) in [6.07, 6.45) is 2.44. The Morgan fingerprint density at radius 2 is 2.20 bits per heavy atom. The molecule has 1 fully saturated rings. The number of carbonyl (C=O) groups is 2. The molecule has 0 aliphatic carbocycles. The number of carboxylic acid groups (broad SMARTS) is 1. The highest BCUT2D eigenvalue weighted by atomic mass is 35.5. The molecule has 0 unspecified atom stereocenters. The Morgan fingerprint density at radius 3 is 2.90 bits per heavy atom. The van der Waals surface area contributed by atoms with Crippen LogP contribution in [-0.4, -0.2) is 49.3 Å². The Kier molecular flexibility index (Phi) is 6.85. The van der Waals surface area contributed by atoms with Gasteiger partial charge in [0.05, 0.1) is 17.7 Å². The Balaban J connectivity index is 1.89. The third-order valence-electron chi connectivity index (χ3n) is 3.62. The van der Waals surface area contributed by atoms with Gasteiger partial charge in [-0.3, -0.25) is 14.5 Å². The number of benzene rings is 1. The van der Waals surface area contributed by atoms with Crippen LogP contribution in [0.2, 0.25) is 5.28 Å². The van der Waals surface area contributed by atoms with Gasteiger partial charge < -0.3 is 14.6 Å². The second-order valence-corrected chi connectivity index (χ2v) is 7.71. The average Bonchev–Trinajstić information content (AvgIpc) is 2.94. The van der Waals surface area contributed by atoms with Gasteiger partial charge in [0, 0.05) is 0 Å². The van der Waals surface area contributed by atoms with Crippen LogP contribution in [0.3, 0.4) is 0 Å². The van der Waals surface area contributed by atoms with E-state index in [2.05, 4.69) is 9.97 Å². The topological polar surface area (TPSA) is 102 Å². The molecule has 156 valence electrons. The predicted molar refractivity (Wildman–Crippen MR) is 112 cm³/mol. The number of thiocarbonyl (C=S) groups is 1. The van der Waals surface area contributed by atoms with Gasteiger partial charge in [0.2, 0.25) is 11.1 Å². The van der Waals surface area contributed by atoms with E-state index >= 15 is 0 Å². The predicted octanol–water partition coefficient (Wildman–Crippen LogP) is 3.75. The standard InChI is InChI=1S/C18H13ClFN3O5S2/c1-2-27-12-5-9(6-13-16(26)23(8-14(24)25)18(29)30-13)3-4-11(12)28-15-10(20)7-21-17(19)22-15/h3-7H,2,8H2,1H3,(H,24,25). The second-order valence-electron chi connectivity index (χ2n) is 5.69. The Labute approximate surface area is 184 Å². The van der Waals surface area contributed by atoms with Gasteiger partial charge in [-0.1, -0.05) is 30.0 Å². The largest absolute Gasteiger partial charge is 0.490 e. The molecule has 1 amide bonds. The quantitative estimate of drug-likeness (QED) is 0.369. The molecule has 0 spiro atoms. The molecule has 1 N–H and O–H groups in total. The Bertz CT molecular complexity index is 1070. The molecule has 1 aromatic carbocycles. The van der Waals surface area contributed by atoms with Crippen LogP contribution >= 0.6 is 35.6 Å². The maximum atomic E-state index is 13.9. The van der Waals surface area contributed by atoms with Gasteiger partial charge in [0.25, 0.3) is 11.8 Å². The van der Waals surface area contributed by atoms with Crippen LogP contribution in [0.1, 0.15) is 12.5 Å². The molecule has 30 heavy (non-hydrogen) atoms. The summed E-state index contributed by atoms with van der Waals surface area (Å²) in [6, 6.07) is 4.72. The lowest BCUT2D eigenvalue weighted by Gasteiger charge is -2.12. The van der Waals surface area contributed by atoms with E-state index in [1.165, 1.54) is 6.07 Å². The van der Waals surface area contributed by atoms with Crippen molar-refractivity contribution in [2.24, 2.45) is 0 Å². The Hall–Kier alpha value is -2.76. The number of carbonyl (C=O) groups excluding carboxylic acids is 1. The number of hydrogen-bond donors (Lipinski definition) is 1. The molecule has 1 aromatic heterocycles. The summed E-state index contributed by atoms with van der Waals surface area (Å²) in [5.41, 5.74) is 0.572. The Morgan fingerprint density at radius 1 is 1.43 bits per heavy atom. The molecular weight excluding hydrogens is 457 g/mol. The number of thioether (sulfide) groups is 1. The first-order chi connectivity index (χ1) is 14.3. The molecule has 1 saturated heterocycles. The van der Waals surface area contributed by atoms with Gasteiger partial charge in [-0.25, -0.2) is 4.98 Å². The lowest BCUT2D eigenvalue weighted by Crippen LogP contribution is -2.33. The first-order valence-electron chi connectivity index (χ1n) is 8.38. The normalized spacial score (nSPS) is 15.0. The third kappa shape index (κ3) is 5.04. The average molecular weight is 470 g/mol. The van der Waals surface area contributed by atoms with E-state index in [0.717, 1.165) is 22.9 Å². The molecule has 2 heterocycles. The van der Waals surface area contributed by atoms with Gasteiger partial charge in [0.1, 0.15) is 10.9 Å². The summed E-state index contributed by atoms with van der Waals surface area (Å²) in [5, 5.41) is 8.74. The summed E-state index contributed by atoms with van der Waals surface area (Å²) >= 11 is 11.8. The molecule has 12 heteroatoms. The lowest BCUT2D eigenvalue weighted by atomic mass is 10.2. The van der Waals surface area contributed by atoms with E-state index in [1.54, 1.807) is 25.1 Å². The van der Waals surface area contributed by atoms with Crippen LogP contribution in [0.25, 0.3) is 6.08 Å².